The van der Waals surface area contributed by atoms with Crippen molar-refractivity contribution in [2.24, 2.45) is 17.3 Å². The van der Waals surface area contributed by atoms with E-state index in [9.17, 15) is 0 Å². The van der Waals surface area contributed by atoms with Crippen LogP contribution in [0.5, 0.6) is 0 Å². The number of rotatable bonds is 7. The average Bonchev–Trinajstić information content (AvgIpc) is 2.56. The van der Waals surface area contributed by atoms with Gasteiger partial charge in [-0.15, -0.1) is 0 Å². The SMILES string of the molecule is CCOCCN1CCN(CC23CCCC(CC(CC)C2)C3)CC1. The minimum absolute atomic E-state index is 0.676. The van der Waals surface area contributed by atoms with Crippen molar-refractivity contribution in [3.63, 3.8) is 0 Å². The zero-order valence-corrected chi connectivity index (χ0v) is 15.6. The quantitative estimate of drug-likeness (QED) is 0.666. The lowest BCUT2D eigenvalue weighted by molar-refractivity contribution is -0.00796. The van der Waals surface area contributed by atoms with Gasteiger partial charge in [-0.3, -0.25) is 4.90 Å². The van der Waals surface area contributed by atoms with Gasteiger partial charge in [0.2, 0.25) is 0 Å². The van der Waals surface area contributed by atoms with Gasteiger partial charge in [0.1, 0.15) is 0 Å². The van der Waals surface area contributed by atoms with Gasteiger partial charge in [-0.2, -0.15) is 0 Å². The third-order valence-electron chi connectivity index (χ3n) is 6.79. The first-order chi connectivity index (χ1) is 11.2. The summed E-state index contributed by atoms with van der Waals surface area (Å²) in [5.74, 6) is 2.07. The Morgan fingerprint density at radius 1 is 1.04 bits per heavy atom. The number of hydrogen-bond acceptors (Lipinski definition) is 3. The van der Waals surface area contributed by atoms with Gasteiger partial charge in [-0.1, -0.05) is 26.2 Å². The van der Waals surface area contributed by atoms with E-state index in [1.54, 1.807) is 0 Å². The Bertz CT molecular complexity index is 354. The van der Waals surface area contributed by atoms with E-state index in [2.05, 4.69) is 23.6 Å². The molecular weight excluding hydrogens is 284 g/mol. The molecule has 23 heavy (non-hydrogen) atoms. The topological polar surface area (TPSA) is 15.7 Å². The lowest BCUT2D eigenvalue weighted by Crippen LogP contribution is -2.52. The molecule has 3 rings (SSSR count). The summed E-state index contributed by atoms with van der Waals surface area (Å²) in [6, 6.07) is 0. The molecule has 0 spiro atoms. The van der Waals surface area contributed by atoms with Crippen LogP contribution in [0.2, 0.25) is 0 Å². The zero-order chi connectivity index (χ0) is 16.1. The lowest BCUT2D eigenvalue weighted by atomic mass is 9.58. The summed E-state index contributed by atoms with van der Waals surface area (Å²) >= 11 is 0. The van der Waals surface area contributed by atoms with E-state index >= 15 is 0 Å². The predicted octanol–water partition coefficient (Wildman–Crippen LogP) is 3.64. The minimum Gasteiger partial charge on any atom is -0.380 e. The highest BCUT2D eigenvalue weighted by molar-refractivity contribution is 4.95. The van der Waals surface area contributed by atoms with Gasteiger partial charge >= 0.3 is 0 Å². The molecule has 1 aliphatic heterocycles. The Balaban J connectivity index is 1.47. The summed E-state index contributed by atoms with van der Waals surface area (Å²) in [5.41, 5.74) is 0.676. The number of fused-ring (bicyclic) bond motifs is 2. The second-order valence-corrected chi connectivity index (χ2v) is 8.49. The Labute approximate surface area is 143 Å². The standard InChI is InChI=1S/C20H38N2O/c1-3-18-14-19-6-5-7-20(15-18,16-19)17-22-10-8-21(9-11-22)12-13-23-4-2/h18-19H,3-17H2,1-2H3. The molecule has 134 valence electrons. The molecule has 0 aromatic rings. The lowest BCUT2D eigenvalue weighted by Gasteiger charge is -2.51. The molecule has 3 aliphatic rings. The molecule has 3 unspecified atom stereocenters. The Morgan fingerprint density at radius 3 is 2.57 bits per heavy atom. The maximum atomic E-state index is 5.51. The van der Waals surface area contributed by atoms with Crippen molar-refractivity contribution < 1.29 is 4.74 Å². The number of nitrogens with zero attached hydrogens (tertiary/aromatic N) is 2. The zero-order valence-electron chi connectivity index (χ0n) is 15.6. The van der Waals surface area contributed by atoms with Crippen molar-refractivity contribution in [3.05, 3.63) is 0 Å². The largest absolute Gasteiger partial charge is 0.380 e. The van der Waals surface area contributed by atoms with Crippen LogP contribution < -0.4 is 0 Å². The molecule has 0 N–H and O–H groups in total. The van der Waals surface area contributed by atoms with E-state index in [1.165, 1.54) is 77.7 Å². The van der Waals surface area contributed by atoms with Crippen molar-refractivity contribution in [3.8, 4) is 0 Å². The first-order valence-corrected chi connectivity index (χ1v) is 10.3. The molecule has 3 nitrogen and oxygen atoms in total. The van der Waals surface area contributed by atoms with Crippen LogP contribution in [0.3, 0.4) is 0 Å². The second kappa shape index (κ2) is 8.31. The van der Waals surface area contributed by atoms with Crippen LogP contribution in [0.25, 0.3) is 0 Å². The Kier molecular flexibility index (Phi) is 6.39. The Morgan fingerprint density at radius 2 is 1.83 bits per heavy atom. The van der Waals surface area contributed by atoms with Crippen LogP contribution in [0, 0.1) is 17.3 Å². The normalized spacial score (nSPS) is 36.3. The molecule has 3 heteroatoms. The second-order valence-electron chi connectivity index (χ2n) is 8.49. The van der Waals surface area contributed by atoms with E-state index in [1.807, 2.05) is 0 Å². The van der Waals surface area contributed by atoms with Gasteiger partial charge in [-0.05, 0) is 49.9 Å². The molecule has 0 radical (unpaired) electrons. The fourth-order valence-electron chi connectivity index (χ4n) is 5.64. The number of hydrogen-bond donors (Lipinski definition) is 0. The summed E-state index contributed by atoms with van der Waals surface area (Å²) in [7, 11) is 0. The van der Waals surface area contributed by atoms with Crippen molar-refractivity contribution in [2.75, 3.05) is 52.5 Å². The van der Waals surface area contributed by atoms with Crippen molar-refractivity contribution in [2.45, 2.75) is 58.8 Å². The molecular formula is C20H38N2O. The smallest absolute Gasteiger partial charge is 0.0593 e. The third kappa shape index (κ3) is 4.70. The maximum absolute atomic E-state index is 5.51. The molecule has 3 atom stereocenters. The van der Waals surface area contributed by atoms with E-state index in [-0.39, 0.29) is 0 Å². The van der Waals surface area contributed by atoms with Gasteiger partial charge < -0.3 is 9.64 Å². The molecule has 0 amide bonds. The van der Waals surface area contributed by atoms with Gasteiger partial charge in [-0.25, -0.2) is 0 Å². The first kappa shape index (κ1) is 17.7. The highest BCUT2D eigenvalue weighted by Crippen LogP contribution is 2.52. The third-order valence-corrected chi connectivity index (χ3v) is 6.79. The highest BCUT2D eigenvalue weighted by atomic mass is 16.5. The number of piperazine rings is 1. The van der Waals surface area contributed by atoms with Gasteiger partial charge in [0.25, 0.3) is 0 Å². The monoisotopic (exact) mass is 322 g/mol. The van der Waals surface area contributed by atoms with Crippen molar-refractivity contribution >= 4 is 0 Å². The summed E-state index contributed by atoms with van der Waals surface area (Å²) < 4.78 is 5.51. The van der Waals surface area contributed by atoms with E-state index in [0.29, 0.717) is 5.41 Å². The predicted molar refractivity (Wildman–Crippen MR) is 96.8 cm³/mol. The van der Waals surface area contributed by atoms with Crippen molar-refractivity contribution in [1.82, 2.24) is 9.80 Å². The number of ether oxygens (including phenoxy) is 1. The molecule has 1 heterocycles. The minimum atomic E-state index is 0.676. The summed E-state index contributed by atoms with van der Waals surface area (Å²) in [6.07, 6.45) is 10.5. The molecule has 3 fully saturated rings. The van der Waals surface area contributed by atoms with Crippen molar-refractivity contribution in [1.29, 1.82) is 0 Å². The van der Waals surface area contributed by atoms with Gasteiger partial charge in [0, 0.05) is 45.9 Å². The molecule has 2 aliphatic carbocycles. The van der Waals surface area contributed by atoms with E-state index < -0.39 is 0 Å². The van der Waals surface area contributed by atoms with Crippen LogP contribution in [-0.2, 0) is 4.74 Å². The van der Waals surface area contributed by atoms with Crippen LogP contribution in [0.1, 0.15) is 58.8 Å². The highest BCUT2D eigenvalue weighted by Gasteiger charge is 2.43. The Hall–Kier alpha value is -0.120. The van der Waals surface area contributed by atoms with Gasteiger partial charge in [0.05, 0.1) is 6.61 Å². The fourth-order valence-corrected chi connectivity index (χ4v) is 5.64. The average molecular weight is 323 g/mol. The van der Waals surface area contributed by atoms with Gasteiger partial charge in [0.15, 0.2) is 0 Å². The van der Waals surface area contributed by atoms with E-state index in [4.69, 9.17) is 4.74 Å². The molecule has 0 aromatic heterocycles. The van der Waals surface area contributed by atoms with Crippen LogP contribution in [-0.4, -0.2) is 62.3 Å². The molecule has 0 aromatic carbocycles. The first-order valence-electron chi connectivity index (χ1n) is 10.3. The fraction of sp³-hybridized carbons (Fsp3) is 1.00. The van der Waals surface area contributed by atoms with Crippen LogP contribution in [0.4, 0.5) is 0 Å². The summed E-state index contributed by atoms with van der Waals surface area (Å²) in [4.78, 5) is 5.38. The molecule has 2 bridgehead atoms. The van der Waals surface area contributed by atoms with E-state index in [0.717, 1.165) is 31.6 Å². The summed E-state index contributed by atoms with van der Waals surface area (Å²) in [6.45, 7) is 13.8. The van der Waals surface area contributed by atoms with Crippen LogP contribution in [0.15, 0.2) is 0 Å². The molecule has 2 saturated carbocycles. The molecule has 1 saturated heterocycles. The maximum Gasteiger partial charge on any atom is 0.0593 e. The summed E-state index contributed by atoms with van der Waals surface area (Å²) in [5, 5.41) is 0. The van der Waals surface area contributed by atoms with Crippen LogP contribution >= 0.6 is 0 Å².